The van der Waals surface area contributed by atoms with Gasteiger partial charge in [0.25, 0.3) is 0 Å². The van der Waals surface area contributed by atoms with Crippen molar-refractivity contribution in [2.24, 2.45) is 0 Å². The van der Waals surface area contributed by atoms with Crippen LogP contribution in [0.5, 0.6) is 0 Å². The van der Waals surface area contributed by atoms with Crippen molar-refractivity contribution >= 4 is 17.3 Å². The fourth-order valence-corrected chi connectivity index (χ4v) is 2.97. The highest BCUT2D eigenvalue weighted by molar-refractivity contribution is 7.08. The minimum atomic E-state index is -0.871. The molecule has 3 heteroatoms. The zero-order valence-electron chi connectivity index (χ0n) is 10.1. The van der Waals surface area contributed by atoms with E-state index in [0.29, 0.717) is 5.56 Å². The number of thiophene rings is 1. The van der Waals surface area contributed by atoms with Gasteiger partial charge in [-0.2, -0.15) is 11.3 Å². The molecule has 0 bridgehead atoms. The Morgan fingerprint density at radius 2 is 1.65 bits per heavy atom. The maximum atomic E-state index is 11.0. The zero-order chi connectivity index (χ0) is 12.6. The lowest BCUT2D eigenvalue weighted by Crippen LogP contribution is -1.99. The largest absolute Gasteiger partial charge is 0.478 e. The van der Waals surface area contributed by atoms with Crippen LogP contribution >= 0.6 is 11.3 Å². The summed E-state index contributed by atoms with van der Waals surface area (Å²) in [6.07, 6.45) is 0. The standard InChI is InChI=1S/C14H14O2S/c1-8-4-11(14(15)16)5-9(2)13(8)12-7-17-6-10(12)3/h4-7H,1-3H3,(H,15,16). The van der Waals surface area contributed by atoms with Gasteiger partial charge in [-0.1, -0.05) is 0 Å². The molecule has 1 heterocycles. The fourth-order valence-electron chi connectivity index (χ4n) is 2.13. The minimum absolute atomic E-state index is 0.358. The number of carboxylic acid groups (broad SMARTS) is 1. The molecule has 0 spiro atoms. The first-order valence-corrected chi connectivity index (χ1v) is 6.32. The number of hydrogen-bond acceptors (Lipinski definition) is 2. The molecule has 2 nitrogen and oxygen atoms in total. The van der Waals surface area contributed by atoms with Crippen molar-refractivity contribution < 1.29 is 9.90 Å². The third-order valence-electron chi connectivity index (χ3n) is 2.90. The van der Waals surface area contributed by atoms with E-state index in [1.165, 1.54) is 11.1 Å². The van der Waals surface area contributed by atoms with Crippen LogP contribution < -0.4 is 0 Å². The molecule has 0 aliphatic heterocycles. The summed E-state index contributed by atoms with van der Waals surface area (Å²) in [6.45, 7) is 6.01. The number of aromatic carboxylic acids is 1. The average molecular weight is 246 g/mol. The van der Waals surface area contributed by atoms with Crippen molar-refractivity contribution in [2.45, 2.75) is 20.8 Å². The van der Waals surface area contributed by atoms with Gasteiger partial charge >= 0.3 is 5.97 Å². The smallest absolute Gasteiger partial charge is 0.335 e. The summed E-state index contributed by atoms with van der Waals surface area (Å²) in [5, 5.41) is 13.2. The first-order chi connectivity index (χ1) is 8.00. The van der Waals surface area contributed by atoms with Gasteiger partial charge in [0, 0.05) is 0 Å². The number of carbonyl (C=O) groups is 1. The molecule has 1 aromatic heterocycles. The normalized spacial score (nSPS) is 10.5. The zero-order valence-corrected chi connectivity index (χ0v) is 10.9. The number of aryl methyl sites for hydroxylation is 3. The molecular weight excluding hydrogens is 232 g/mol. The third kappa shape index (κ3) is 2.11. The van der Waals surface area contributed by atoms with Gasteiger partial charge in [0.1, 0.15) is 0 Å². The number of carboxylic acids is 1. The van der Waals surface area contributed by atoms with E-state index < -0.39 is 5.97 Å². The summed E-state index contributed by atoms with van der Waals surface area (Å²) >= 11 is 1.67. The average Bonchev–Trinajstić information content (AvgIpc) is 2.64. The highest BCUT2D eigenvalue weighted by Crippen LogP contribution is 2.32. The Morgan fingerprint density at radius 3 is 2.06 bits per heavy atom. The van der Waals surface area contributed by atoms with Crippen LogP contribution in [0.2, 0.25) is 0 Å². The monoisotopic (exact) mass is 246 g/mol. The second kappa shape index (κ2) is 4.34. The van der Waals surface area contributed by atoms with Crippen molar-refractivity contribution in [1.82, 2.24) is 0 Å². The molecule has 0 fully saturated rings. The van der Waals surface area contributed by atoms with Crippen LogP contribution in [0.15, 0.2) is 22.9 Å². The summed E-state index contributed by atoms with van der Waals surface area (Å²) in [6, 6.07) is 3.48. The van der Waals surface area contributed by atoms with Crippen molar-refractivity contribution in [3.63, 3.8) is 0 Å². The molecule has 1 aromatic carbocycles. The van der Waals surface area contributed by atoms with Crippen molar-refractivity contribution in [1.29, 1.82) is 0 Å². The van der Waals surface area contributed by atoms with E-state index in [9.17, 15) is 4.79 Å². The van der Waals surface area contributed by atoms with Crippen LogP contribution in [0.25, 0.3) is 11.1 Å². The Balaban J connectivity index is 2.65. The molecule has 0 aliphatic rings. The molecule has 88 valence electrons. The third-order valence-corrected chi connectivity index (χ3v) is 3.77. The summed E-state index contributed by atoms with van der Waals surface area (Å²) < 4.78 is 0. The highest BCUT2D eigenvalue weighted by Gasteiger charge is 2.12. The molecule has 1 N–H and O–H groups in total. The summed E-state index contributed by atoms with van der Waals surface area (Å²) in [7, 11) is 0. The molecule has 0 atom stereocenters. The fraction of sp³-hybridized carbons (Fsp3) is 0.214. The Bertz CT molecular complexity index is 559. The SMILES string of the molecule is Cc1cscc1-c1c(C)cc(C(=O)O)cc1C. The van der Waals surface area contributed by atoms with E-state index in [1.807, 2.05) is 13.8 Å². The van der Waals surface area contributed by atoms with Gasteiger partial charge in [-0.05, 0) is 71.5 Å². The molecule has 0 radical (unpaired) electrons. The van der Waals surface area contributed by atoms with Gasteiger partial charge in [0.2, 0.25) is 0 Å². The molecule has 0 amide bonds. The van der Waals surface area contributed by atoms with E-state index in [2.05, 4.69) is 17.7 Å². The lowest BCUT2D eigenvalue weighted by Gasteiger charge is -2.11. The maximum absolute atomic E-state index is 11.0. The van der Waals surface area contributed by atoms with E-state index in [0.717, 1.165) is 16.7 Å². The second-order valence-corrected chi connectivity index (χ2v) is 5.00. The summed E-state index contributed by atoms with van der Waals surface area (Å²) in [5.41, 5.74) is 6.00. The Morgan fingerprint density at radius 1 is 1.06 bits per heavy atom. The van der Waals surface area contributed by atoms with Gasteiger partial charge in [-0.15, -0.1) is 0 Å². The Labute approximate surface area is 105 Å². The molecular formula is C14H14O2S. The summed E-state index contributed by atoms with van der Waals surface area (Å²) in [5.74, 6) is -0.871. The van der Waals surface area contributed by atoms with Crippen LogP contribution in [0.4, 0.5) is 0 Å². The topological polar surface area (TPSA) is 37.3 Å². The van der Waals surface area contributed by atoms with E-state index >= 15 is 0 Å². The van der Waals surface area contributed by atoms with Gasteiger partial charge < -0.3 is 5.11 Å². The molecule has 0 saturated heterocycles. The summed E-state index contributed by atoms with van der Waals surface area (Å²) in [4.78, 5) is 11.0. The van der Waals surface area contributed by atoms with E-state index in [4.69, 9.17) is 5.11 Å². The lowest BCUT2D eigenvalue weighted by atomic mass is 9.93. The lowest BCUT2D eigenvalue weighted by molar-refractivity contribution is 0.0696. The van der Waals surface area contributed by atoms with Crippen molar-refractivity contribution in [3.8, 4) is 11.1 Å². The van der Waals surface area contributed by atoms with Crippen LogP contribution in [-0.4, -0.2) is 11.1 Å². The van der Waals surface area contributed by atoms with E-state index in [-0.39, 0.29) is 0 Å². The second-order valence-electron chi connectivity index (χ2n) is 4.26. The molecule has 2 rings (SSSR count). The van der Waals surface area contributed by atoms with Crippen LogP contribution in [0.3, 0.4) is 0 Å². The van der Waals surface area contributed by atoms with Crippen molar-refractivity contribution in [3.05, 3.63) is 45.1 Å². The van der Waals surface area contributed by atoms with Crippen LogP contribution in [0, 0.1) is 20.8 Å². The predicted molar refractivity (Wildman–Crippen MR) is 70.9 cm³/mol. The van der Waals surface area contributed by atoms with Crippen molar-refractivity contribution in [2.75, 3.05) is 0 Å². The Kier molecular flexibility index (Phi) is 3.03. The molecule has 2 aromatic rings. The quantitative estimate of drug-likeness (QED) is 0.868. The van der Waals surface area contributed by atoms with Crippen LogP contribution in [-0.2, 0) is 0 Å². The molecule has 0 saturated carbocycles. The highest BCUT2D eigenvalue weighted by atomic mass is 32.1. The van der Waals surface area contributed by atoms with E-state index in [1.54, 1.807) is 23.5 Å². The van der Waals surface area contributed by atoms with Gasteiger partial charge in [-0.25, -0.2) is 4.79 Å². The first kappa shape index (κ1) is 11.9. The maximum Gasteiger partial charge on any atom is 0.335 e. The Hall–Kier alpha value is -1.61. The van der Waals surface area contributed by atoms with Gasteiger partial charge in [0.05, 0.1) is 5.56 Å². The predicted octanol–water partition coefficient (Wildman–Crippen LogP) is 4.04. The van der Waals surface area contributed by atoms with Gasteiger partial charge in [-0.3, -0.25) is 0 Å². The first-order valence-electron chi connectivity index (χ1n) is 5.38. The number of hydrogen-bond donors (Lipinski definition) is 1. The minimum Gasteiger partial charge on any atom is -0.478 e. The molecule has 17 heavy (non-hydrogen) atoms. The number of benzene rings is 1. The molecule has 0 unspecified atom stereocenters. The van der Waals surface area contributed by atoms with Crippen LogP contribution in [0.1, 0.15) is 27.0 Å². The number of rotatable bonds is 2. The molecule has 0 aliphatic carbocycles. The van der Waals surface area contributed by atoms with Gasteiger partial charge in [0.15, 0.2) is 0 Å².